The van der Waals surface area contributed by atoms with Gasteiger partial charge >= 0.3 is 5.97 Å². The number of likely N-dealkylation sites (tertiary alicyclic amines) is 1. The highest BCUT2D eigenvalue weighted by atomic mass is 16.4. The minimum Gasteiger partial charge on any atom is -0.481 e. The van der Waals surface area contributed by atoms with Crippen LogP contribution in [0.2, 0.25) is 0 Å². The predicted molar refractivity (Wildman–Crippen MR) is 57.1 cm³/mol. The molecule has 2 fully saturated rings. The van der Waals surface area contributed by atoms with Crippen LogP contribution in [0.4, 0.5) is 0 Å². The van der Waals surface area contributed by atoms with Crippen LogP contribution in [0.5, 0.6) is 0 Å². The van der Waals surface area contributed by atoms with Gasteiger partial charge in [0.2, 0.25) is 5.91 Å². The van der Waals surface area contributed by atoms with Crippen LogP contribution in [-0.4, -0.2) is 57.4 Å². The van der Waals surface area contributed by atoms with Gasteiger partial charge in [-0.15, -0.1) is 0 Å². The van der Waals surface area contributed by atoms with Crippen molar-refractivity contribution < 1.29 is 24.9 Å². The fourth-order valence-electron chi connectivity index (χ4n) is 2.74. The summed E-state index contributed by atoms with van der Waals surface area (Å²) < 4.78 is 0. The summed E-state index contributed by atoms with van der Waals surface area (Å²) in [6.45, 7) is 0.200. The normalized spacial score (nSPS) is 37.4. The summed E-state index contributed by atoms with van der Waals surface area (Å²) in [7, 11) is 0. The second kappa shape index (κ2) is 4.62. The number of hydrogen-bond acceptors (Lipinski definition) is 4. The molecule has 1 heterocycles. The lowest BCUT2D eigenvalue weighted by atomic mass is 9.95. The SMILES string of the molecule is O=C(O)C1CCCC1C(=O)N1CC(O)C(O)C1. The van der Waals surface area contributed by atoms with E-state index in [1.54, 1.807) is 0 Å². The molecule has 0 aromatic carbocycles. The summed E-state index contributed by atoms with van der Waals surface area (Å²) >= 11 is 0. The molecule has 96 valence electrons. The molecule has 1 saturated carbocycles. The Kier molecular flexibility index (Phi) is 3.35. The van der Waals surface area contributed by atoms with E-state index >= 15 is 0 Å². The van der Waals surface area contributed by atoms with Crippen LogP contribution >= 0.6 is 0 Å². The minimum absolute atomic E-state index is 0.100. The molecule has 1 aliphatic carbocycles. The predicted octanol–water partition coefficient (Wildman–Crippen LogP) is -0.949. The van der Waals surface area contributed by atoms with Crippen molar-refractivity contribution in [3.05, 3.63) is 0 Å². The van der Waals surface area contributed by atoms with E-state index in [4.69, 9.17) is 5.11 Å². The molecule has 6 nitrogen and oxygen atoms in total. The lowest BCUT2D eigenvalue weighted by molar-refractivity contribution is -0.148. The number of rotatable bonds is 2. The highest BCUT2D eigenvalue weighted by Gasteiger charge is 2.42. The first-order valence-electron chi connectivity index (χ1n) is 5.88. The fraction of sp³-hybridized carbons (Fsp3) is 0.818. The third-order valence-corrected chi connectivity index (χ3v) is 3.72. The van der Waals surface area contributed by atoms with E-state index in [-0.39, 0.29) is 19.0 Å². The molecule has 1 amide bonds. The number of hydrogen-bond donors (Lipinski definition) is 3. The fourth-order valence-corrected chi connectivity index (χ4v) is 2.74. The van der Waals surface area contributed by atoms with Crippen LogP contribution in [0.15, 0.2) is 0 Å². The molecule has 4 unspecified atom stereocenters. The molecule has 17 heavy (non-hydrogen) atoms. The zero-order valence-corrected chi connectivity index (χ0v) is 9.45. The Morgan fingerprint density at radius 3 is 2.06 bits per heavy atom. The molecule has 1 saturated heterocycles. The molecule has 6 heteroatoms. The van der Waals surface area contributed by atoms with Crippen LogP contribution in [0, 0.1) is 11.8 Å². The first-order valence-corrected chi connectivity index (χ1v) is 5.88. The van der Waals surface area contributed by atoms with Crippen molar-refractivity contribution in [1.82, 2.24) is 4.90 Å². The number of nitrogens with zero attached hydrogens (tertiary/aromatic N) is 1. The van der Waals surface area contributed by atoms with E-state index in [9.17, 15) is 19.8 Å². The highest BCUT2D eigenvalue weighted by Crippen LogP contribution is 2.34. The topological polar surface area (TPSA) is 98.1 Å². The molecule has 0 spiro atoms. The number of carboxylic acids is 1. The Morgan fingerprint density at radius 2 is 1.53 bits per heavy atom. The molecule has 2 aliphatic rings. The Bertz CT molecular complexity index is 322. The van der Waals surface area contributed by atoms with Gasteiger partial charge in [-0.25, -0.2) is 0 Å². The number of carbonyl (C=O) groups excluding carboxylic acids is 1. The van der Waals surface area contributed by atoms with Crippen molar-refractivity contribution in [3.63, 3.8) is 0 Å². The van der Waals surface area contributed by atoms with Crippen molar-refractivity contribution in [2.24, 2.45) is 11.8 Å². The molecule has 0 aromatic heterocycles. The summed E-state index contributed by atoms with van der Waals surface area (Å²) in [6.07, 6.45) is 0.0300. The van der Waals surface area contributed by atoms with Crippen LogP contribution in [0.3, 0.4) is 0 Å². The summed E-state index contributed by atoms with van der Waals surface area (Å²) in [5, 5.41) is 27.8. The van der Waals surface area contributed by atoms with Gasteiger partial charge in [0.15, 0.2) is 0 Å². The van der Waals surface area contributed by atoms with Gasteiger partial charge in [-0.2, -0.15) is 0 Å². The first-order chi connectivity index (χ1) is 8.00. The molecule has 4 atom stereocenters. The number of aliphatic hydroxyl groups excluding tert-OH is 2. The Labute approximate surface area is 98.8 Å². The van der Waals surface area contributed by atoms with Crippen molar-refractivity contribution >= 4 is 11.9 Å². The van der Waals surface area contributed by atoms with Gasteiger partial charge in [0, 0.05) is 13.1 Å². The quantitative estimate of drug-likeness (QED) is 0.581. The second-order valence-electron chi connectivity index (χ2n) is 4.86. The maximum absolute atomic E-state index is 12.1. The number of β-amino-alcohol motifs (C(OH)–C–C–N with tert-alkyl or cyclic N) is 2. The zero-order valence-electron chi connectivity index (χ0n) is 9.45. The lowest BCUT2D eigenvalue weighted by Crippen LogP contribution is -2.38. The molecule has 0 bridgehead atoms. The molecule has 3 N–H and O–H groups in total. The minimum atomic E-state index is -0.929. The summed E-state index contributed by atoms with van der Waals surface area (Å²) in [4.78, 5) is 24.5. The lowest BCUT2D eigenvalue weighted by Gasteiger charge is -2.22. The average Bonchev–Trinajstić information content (AvgIpc) is 2.85. The maximum atomic E-state index is 12.1. The van der Waals surface area contributed by atoms with E-state index < -0.39 is 30.0 Å². The van der Waals surface area contributed by atoms with Gasteiger partial charge in [0.25, 0.3) is 0 Å². The van der Waals surface area contributed by atoms with Crippen LogP contribution < -0.4 is 0 Å². The standard InChI is InChI=1S/C11H17NO5/c13-8-4-12(5-9(8)14)10(15)6-2-1-3-7(6)11(16)17/h6-9,13-14H,1-5H2,(H,16,17). The molecule has 0 radical (unpaired) electrons. The monoisotopic (exact) mass is 243 g/mol. The second-order valence-corrected chi connectivity index (χ2v) is 4.86. The van der Waals surface area contributed by atoms with Crippen molar-refractivity contribution in [2.45, 2.75) is 31.5 Å². The maximum Gasteiger partial charge on any atom is 0.307 e. The molecular formula is C11H17NO5. The van der Waals surface area contributed by atoms with E-state index in [1.165, 1.54) is 4.90 Å². The number of amides is 1. The van der Waals surface area contributed by atoms with Gasteiger partial charge in [0.05, 0.1) is 24.0 Å². The van der Waals surface area contributed by atoms with Crippen LogP contribution in [0.25, 0.3) is 0 Å². The van der Waals surface area contributed by atoms with Gasteiger partial charge in [-0.3, -0.25) is 9.59 Å². The Morgan fingerprint density at radius 1 is 1.00 bits per heavy atom. The number of aliphatic carboxylic acids is 1. The Balaban J connectivity index is 2.03. The Hall–Kier alpha value is -1.14. The zero-order chi connectivity index (χ0) is 12.6. The third kappa shape index (κ3) is 2.28. The van der Waals surface area contributed by atoms with Crippen molar-refractivity contribution in [2.75, 3.05) is 13.1 Å². The van der Waals surface area contributed by atoms with Crippen molar-refractivity contribution in [1.29, 1.82) is 0 Å². The first kappa shape index (κ1) is 12.3. The molecule has 1 aliphatic heterocycles. The van der Waals surface area contributed by atoms with Gasteiger partial charge in [-0.05, 0) is 12.8 Å². The molecule has 2 rings (SSSR count). The van der Waals surface area contributed by atoms with Crippen LogP contribution in [-0.2, 0) is 9.59 Å². The number of carbonyl (C=O) groups is 2. The summed E-state index contributed by atoms with van der Waals surface area (Å²) in [6, 6.07) is 0. The largest absolute Gasteiger partial charge is 0.481 e. The average molecular weight is 243 g/mol. The number of aliphatic hydroxyl groups is 2. The van der Waals surface area contributed by atoms with E-state index in [0.29, 0.717) is 12.8 Å². The summed E-state index contributed by atoms with van der Waals surface area (Å²) in [5.74, 6) is -2.28. The van der Waals surface area contributed by atoms with Gasteiger partial charge < -0.3 is 20.2 Å². The molecule has 0 aromatic rings. The van der Waals surface area contributed by atoms with Gasteiger partial charge in [-0.1, -0.05) is 6.42 Å². The van der Waals surface area contributed by atoms with E-state index in [0.717, 1.165) is 6.42 Å². The summed E-state index contributed by atoms with van der Waals surface area (Å²) in [5.41, 5.74) is 0. The third-order valence-electron chi connectivity index (χ3n) is 3.72. The smallest absolute Gasteiger partial charge is 0.307 e. The highest BCUT2D eigenvalue weighted by molar-refractivity contribution is 5.85. The van der Waals surface area contributed by atoms with Gasteiger partial charge in [0.1, 0.15) is 0 Å². The van der Waals surface area contributed by atoms with E-state index in [2.05, 4.69) is 0 Å². The van der Waals surface area contributed by atoms with Crippen LogP contribution in [0.1, 0.15) is 19.3 Å². The number of carboxylic acid groups (broad SMARTS) is 1. The molecular weight excluding hydrogens is 226 g/mol. The van der Waals surface area contributed by atoms with Crippen molar-refractivity contribution in [3.8, 4) is 0 Å². The van der Waals surface area contributed by atoms with E-state index in [1.807, 2.05) is 0 Å².